The molecule has 0 N–H and O–H groups in total. The largest absolute Gasteiger partial charge is 0.285 e. The summed E-state index contributed by atoms with van der Waals surface area (Å²) in [5.74, 6) is -5.69. The normalized spacial score (nSPS) is 13.4. The van der Waals surface area contributed by atoms with E-state index in [4.69, 9.17) is 0 Å². The van der Waals surface area contributed by atoms with Crippen LogP contribution in [0, 0.1) is 0 Å². The van der Waals surface area contributed by atoms with Gasteiger partial charge in [-0.3, -0.25) is 38.4 Å². The van der Waals surface area contributed by atoms with Gasteiger partial charge in [0.2, 0.25) is 23.1 Å². The molecule has 4 amide bonds. The maximum absolute atomic E-state index is 13.9. The third-order valence-corrected chi connectivity index (χ3v) is 9.15. The zero-order valence-electron chi connectivity index (χ0n) is 26.9. The van der Waals surface area contributed by atoms with Crippen molar-refractivity contribution in [1.82, 2.24) is 0 Å². The summed E-state index contributed by atoms with van der Waals surface area (Å²) in [6.07, 6.45) is 0. The van der Waals surface area contributed by atoms with Crippen molar-refractivity contribution >= 4 is 68.9 Å². The molecule has 0 saturated carbocycles. The second kappa shape index (κ2) is 12.1. The Morgan fingerprint density at radius 3 is 0.827 bits per heavy atom. The molecular formula is C42H22N2O8. The van der Waals surface area contributed by atoms with Crippen LogP contribution in [0.3, 0.4) is 0 Å². The van der Waals surface area contributed by atoms with E-state index in [0.717, 1.165) is 9.80 Å². The van der Waals surface area contributed by atoms with Gasteiger partial charge in [0.05, 0.1) is 11.4 Å². The maximum Gasteiger partial charge on any atom is 0.265 e. The molecule has 2 aliphatic heterocycles. The standard InChI is InChI=1S/C42H22N2O8/c45-35(23-7-3-1-4-8-23)37(47)25-11-15-27(16-12-25)43-39(49)29-19-21-31-34-32(22-20-30(33(29)34)40(43)50)42(52)44(41(31)51)28-17-13-26(14-18-28)38(48)36(46)24-9-5-2-6-10-24/h1-22H. The molecule has 6 aromatic rings. The van der Waals surface area contributed by atoms with Gasteiger partial charge in [-0.05, 0) is 72.8 Å². The highest BCUT2D eigenvalue weighted by atomic mass is 16.2. The Labute approximate surface area is 294 Å². The second-order valence-corrected chi connectivity index (χ2v) is 12.1. The lowest BCUT2D eigenvalue weighted by Gasteiger charge is -2.32. The van der Waals surface area contributed by atoms with Gasteiger partial charge in [0.25, 0.3) is 23.6 Å². The van der Waals surface area contributed by atoms with Crippen LogP contribution in [-0.2, 0) is 0 Å². The van der Waals surface area contributed by atoms with E-state index in [1.165, 1.54) is 97.1 Å². The van der Waals surface area contributed by atoms with Crippen LogP contribution in [-0.4, -0.2) is 46.8 Å². The zero-order valence-corrected chi connectivity index (χ0v) is 26.9. The fourth-order valence-corrected chi connectivity index (χ4v) is 6.57. The van der Waals surface area contributed by atoms with Gasteiger partial charge in [0, 0.05) is 55.3 Å². The number of benzene rings is 6. The summed E-state index contributed by atoms with van der Waals surface area (Å²) in [6, 6.07) is 32.9. The molecule has 0 aliphatic carbocycles. The van der Waals surface area contributed by atoms with Gasteiger partial charge in [0.15, 0.2) is 0 Å². The van der Waals surface area contributed by atoms with Crippen molar-refractivity contribution in [1.29, 1.82) is 0 Å². The monoisotopic (exact) mass is 682 g/mol. The van der Waals surface area contributed by atoms with E-state index in [-0.39, 0.29) is 66.7 Å². The zero-order chi connectivity index (χ0) is 36.3. The van der Waals surface area contributed by atoms with Gasteiger partial charge in [-0.2, -0.15) is 0 Å². The molecule has 0 spiro atoms. The summed E-state index contributed by atoms with van der Waals surface area (Å²) in [7, 11) is 0. The third kappa shape index (κ3) is 4.89. The molecule has 0 radical (unpaired) electrons. The summed E-state index contributed by atoms with van der Waals surface area (Å²) in [6.45, 7) is 0. The number of anilines is 2. The maximum atomic E-state index is 13.9. The highest BCUT2D eigenvalue weighted by Gasteiger charge is 2.41. The molecule has 10 heteroatoms. The highest BCUT2D eigenvalue weighted by molar-refractivity contribution is 6.50. The molecule has 0 atom stereocenters. The summed E-state index contributed by atoms with van der Waals surface area (Å²) in [5.41, 5.74) is 1.31. The van der Waals surface area contributed by atoms with Crippen LogP contribution in [0.2, 0.25) is 0 Å². The Morgan fingerprint density at radius 2 is 0.558 bits per heavy atom. The molecule has 0 aromatic heterocycles. The van der Waals surface area contributed by atoms with Crippen LogP contribution < -0.4 is 9.80 Å². The van der Waals surface area contributed by atoms with Crippen molar-refractivity contribution in [3.63, 3.8) is 0 Å². The summed E-state index contributed by atoms with van der Waals surface area (Å²) in [4.78, 5) is 108. The van der Waals surface area contributed by atoms with Gasteiger partial charge in [-0.15, -0.1) is 0 Å². The van der Waals surface area contributed by atoms with Crippen LogP contribution in [0.5, 0.6) is 0 Å². The van der Waals surface area contributed by atoms with Gasteiger partial charge in [-0.25, -0.2) is 9.80 Å². The van der Waals surface area contributed by atoms with Crippen molar-refractivity contribution in [2.45, 2.75) is 0 Å². The fourth-order valence-electron chi connectivity index (χ4n) is 6.57. The van der Waals surface area contributed by atoms with Crippen molar-refractivity contribution < 1.29 is 38.4 Å². The molecule has 2 aliphatic rings. The minimum Gasteiger partial charge on any atom is -0.285 e. The van der Waals surface area contributed by atoms with Crippen molar-refractivity contribution in [2.75, 3.05) is 9.80 Å². The summed E-state index contributed by atoms with van der Waals surface area (Å²) >= 11 is 0. The Morgan fingerprint density at radius 1 is 0.308 bits per heavy atom. The Kier molecular flexibility index (Phi) is 7.42. The number of amides is 4. The van der Waals surface area contributed by atoms with E-state index in [2.05, 4.69) is 0 Å². The number of carbonyl (C=O) groups is 8. The van der Waals surface area contributed by atoms with Crippen LogP contribution in [0.25, 0.3) is 10.8 Å². The fraction of sp³-hybridized carbons (Fsp3) is 0. The van der Waals surface area contributed by atoms with Gasteiger partial charge >= 0.3 is 0 Å². The number of imide groups is 2. The second-order valence-electron chi connectivity index (χ2n) is 12.1. The molecule has 8 rings (SSSR count). The van der Waals surface area contributed by atoms with Crippen molar-refractivity contribution in [3.8, 4) is 0 Å². The predicted octanol–water partition coefficient (Wildman–Crippen LogP) is 6.57. The third-order valence-electron chi connectivity index (χ3n) is 9.15. The molecular weight excluding hydrogens is 660 g/mol. The van der Waals surface area contributed by atoms with Gasteiger partial charge < -0.3 is 0 Å². The smallest absolute Gasteiger partial charge is 0.265 e. The van der Waals surface area contributed by atoms with E-state index < -0.39 is 46.8 Å². The first kappa shape index (κ1) is 31.8. The number of nitrogens with zero attached hydrogens (tertiary/aromatic N) is 2. The van der Waals surface area contributed by atoms with Crippen LogP contribution in [0.15, 0.2) is 133 Å². The number of ketones is 4. The Hall–Kier alpha value is -7.46. The molecule has 6 aromatic carbocycles. The average Bonchev–Trinajstić information content (AvgIpc) is 3.19. The molecule has 0 saturated heterocycles. The summed E-state index contributed by atoms with van der Waals surface area (Å²) < 4.78 is 0. The first-order valence-electron chi connectivity index (χ1n) is 16.0. The van der Waals surface area contributed by atoms with E-state index in [0.29, 0.717) is 0 Å². The van der Waals surface area contributed by atoms with Gasteiger partial charge in [0.1, 0.15) is 0 Å². The topological polar surface area (TPSA) is 143 Å². The first-order valence-corrected chi connectivity index (χ1v) is 16.0. The van der Waals surface area contributed by atoms with E-state index in [9.17, 15) is 38.4 Å². The predicted molar refractivity (Wildman–Crippen MR) is 189 cm³/mol. The van der Waals surface area contributed by atoms with E-state index in [1.54, 1.807) is 36.4 Å². The van der Waals surface area contributed by atoms with Crippen molar-refractivity contribution in [2.24, 2.45) is 0 Å². The van der Waals surface area contributed by atoms with Crippen LogP contribution in [0.1, 0.15) is 82.9 Å². The molecule has 0 bridgehead atoms. The average molecular weight is 683 g/mol. The van der Waals surface area contributed by atoms with E-state index >= 15 is 0 Å². The quantitative estimate of drug-likeness (QED) is 0.0997. The molecule has 52 heavy (non-hydrogen) atoms. The molecule has 2 heterocycles. The number of rotatable bonds is 8. The lowest BCUT2D eigenvalue weighted by atomic mass is 9.85. The number of hydrogen-bond donors (Lipinski definition) is 0. The van der Waals surface area contributed by atoms with E-state index in [1.807, 2.05) is 0 Å². The molecule has 0 unspecified atom stereocenters. The van der Waals surface area contributed by atoms with Crippen molar-refractivity contribution in [3.05, 3.63) is 178 Å². The first-order chi connectivity index (χ1) is 25.2. The van der Waals surface area contributed by atoms with Crippen LogP contribution in [0.4, 0.5) is 11.4 Å². The molecule has 10 nitrogen and oxygen atoms in total. The highest BCUT2D eigenvalue weighted by Crippen LogP contribution is 2.40. The minimum atomic E-state index is -0.746. The molecule has 248 valence electrons. The Bertz CT molecular complexity index is 2340. The van der Waals surface area contributed by atoms with Gasteiger partial charge in [-0.1, -0.05) is 60.7 Å². The Balaban J connectivity index is 1.09. The minimum absolute atomic E-state index is 0.0805. The lowest BCUT2D eigenvalue weighted by molar-refractivity contribution is 0.0817. The lowest BCUT2D eigenvalue weighted by Crippen LogP contribution is -2.43. The van der Waals surface area contributed by atoms with Crippen LogP contribution >= 0.6 is 0 Å². The number of carbonyl (C=O) groups excluding carboxylic acids is 8. The number of hydrogen-bond acceptors (Lipinski definition) is 8. The SMILES string of the molecule is O=C(C(=O)c1ccc(N2C(=O)c3ccc4c5c(ccc(c35)C2=O)C(=O)N(c2ccc(C(=O)C(=O)c3ccccc3)cc2)C4=O)cc1)c1ccccc1. The molecule has 0 fully saturated rings. The number of Topliss-reactive ketones (excluding diaryl/α,β-unsaturated/α-hetero) is 4. The summed E-state index contributed by atoms with van der Waals surface area (Å²) in [5, 5.41) is 0.339.